The van der Waals surface area contributed by atoms with Crippen LogP contribution in [0.1, 0.15) is 54.4 Å². The van der Waals surface area contributed by atoms with E-state index >= 15 is 0 Å². The number of aliphatic hydroxyl groups is 1. The molecule has 1 saturated heterocycles. The highest BCUT2D eigenvalue weighted by Gasteiger charge is 2.38. The van der Waals surface area contributed by atoms with Gasteiger partial charge in [-0.2, -0.15) is 4.39 Å². The molecule has 1 N–H and O–H groups in total. The average Bonchev–Trinajstić information content (AvgIpc) is 3.05. The Morgan fingerprint density at radius 1 is 1.42 bits per heavy atom. The van der Waals surface area contributed by atoms with Crippen LogP contribution in [0.15, 0.2) is 28.9 Å². The minimum Gasteiger partial charge on any atom is -0.385 e. The smallest absolute Gasteiger partial charge is 0.292 e. The molecule has 7 heteroatoms. The van der Waals surface area contributed by atoms with Gasteiger partial charge >= 0.3 is 0 Å². The summed E-state index contributed by atoms with van der Waals surface area (Å²) in [6, 6.07) is 4.77. The van der Waals surface area contributed by atoms with Gasteiger partial charge in [-0.1, -0.05) is 25.1 Å². The highest BCUT2D eigenvalue weighted by molar-refractivity contribution is 5.91. The number of pyridine rings is 1. The third-order valence-electron chi connectivity index (χ3n) is 4.47. The second kappa shape index (κ2) is 6.32. The van der Waals surface area contributed by atoms with E-state index in [0.717, 1.165) is 5.69 Å². The van der Waals surface area contributed by atoms with Gasteiger partial charge in [-0.15, -0.1) is 0 Å². The SMILES string of the molecule is CC(C)c1cc(C(=O)N2CCC(O)(c3cccnc3F)CC2)on1. The van der Waals surface area contributed by atoms with E-state index in [-0.39, 0.29) is 36.0 Å². The van der Waals surface area contributed by atoms with E-state index in [1.165, 1.54) is 12.3 Å². The van der Waals surface area contributed by atoms with Crippen LogP contribution in [0.4, 0.5) is 4.39 Å². The molecule has 1 aliphatic rings. The van der Waals surface area contributed by atoms with Crippen molar-refractivity contribution in [2.45, 2.75) is 38.2 Å². The molecule has 2 aromatic heterocycles. The lowest BCUT2D eigenvalue weighted by Crippen LogP contribution is -2.45. The third kappa shape index (κ3) is 3.03. The molecule has 0 bridgehead atoms. The van der Waals surface area contributed by atoms with Crippen LogP contribution in [0, 0.1) is 5.95 Å². The zero-order valence-corrected chi connectivity index (χ0v) is 13.7. The van der Waals surface area contributed by atoms with E-state index < -0.39 is 11.5 Å². The van der Waals surface area contributed by atoms with Crippen LogP contribution >= 0.6 is 0 Å². The molecule has 0 aliphatic carbocycles. The molecule has 0 radical (unpaired) electrons. The molecular formula is C17H20FN3O3. The first-order chi connectivity index (χ1) is 11.4. The number of aromatic nitrogens is 2. The first-order valence-electron chi connectivity index (χ1n) is 8.00. The molecule has 0 aromatic carbocycles. The van der Waals surface area contributed by atoms with Crippen molar-refractivity contribution >= 4 is 5.91 Å². The van der Waals surface area contributed by atoms with Crippen molar-refractivity contribution in [1.82, 2.24) is 15.0 Å². The molecule has 0 spiro atoms. The molecule has 0 atom stereocenters. The normalized spacial score (nSPS) is 17.3. The van der Waals surface area contributed by atoms with Crippen molar-refractivity contribution in [3.63, 3.8) is 0 Å². The monoisotopic (exact) mass is 333 g/mol. The van der Waals surface area contributed by atoms with Crippen molar-refractivity contribution in [1.29, 1.82) is 0 Å². The van der Waals surface area contributed by atoms with E-state index in [1.54, 1.807) is 17.0 Å². The van der Waals surface area contributed by atoms with E-state index in [0.29, 0.717) is 13.1 Å². The molecule has 1 fully saturated rings. The summed E-state index contributed by atoms with van der Waals surface area (Å²) in [7, 11) is 0. The van der Waals surface area contributed by atoms with E-state index in [2.05, 4.69) is 10.1 Å². The molecule has 1 amide bonds. The Kier molecular flexibility index (Phi) is 4.36. The molecular weight excluding hydrogens is 313 g/mol. The van der Waals surface area contributed by atoms with Crippen molar-refractivity contribution < 1.29 is 18.8 Å². The Balaban J connectivity index is 1.70. The van der Waals surface area contributed by atoms with Crippen LogP contribution in [0.2, 0.25) is 0 Å². The van der Waals surface area contributed by atoms with Gasteiger partial charge in [0.2, 0.25) is 11.7 Å². The quantitative estimate of drug-likeness (QED) is 0.873. The summed E-state index contributed by atoms with van der Waals surface area (Å²) in [5.41, 5.74) is -0.400. The van der Waals surface area contributed by atoms with E-state index in [1.807, 2.05) is 13.8 Å². The Morgan fingerprint density at radius 2 is 2.12 bits per heavy atom. The van der Waals surface area contributed by atoms with Crippen LogP contribution in [-0.2, 0) is 5.60 Å². The number of amides is 1. The Hall–Kier alpha value is -2.28. The van der Waals surface area contributed by atoms with Gasteiger partial charge in [-0.3, -0.25) is 4.79 Å². The van der Waals surface area contributed by atoms with Crippen LogP contribution in [0.3, 0.4) is 0 Å². The lowest BCUT2D eigenvalue weighted by Gasteiger charge is -2.37. The number of nitrogens with zero attached hydrogens (tertiary/aromatic N) is 3. The van der Waals surface area contributed by atoms with Gasteiger partial charge in [0.15, 0.2) is 0 Å². The summed E-state index contributed by atoms with van der Waals surface area (Å²) >= 11 is 0. The number of hydrogen-bond donors (Lipinski definition) is 1. The van der Waals surface area contributed by atoms with Gasteiger partial charge < -0.3 is 14.5 Å². The maximum atomic E-state index is 13.8. The number of carbonyl (C=O) groups excluding carboxylic acids is 1. The first kappa shape index (κ1) is 16.6. The molecule has 3 rings (SSSR count). The zero-order valence-electron chi connectivity index (χ0n) is 13.7. The number of halogens is 1. The van der Waals surface area contributed by atoms with E-state index in [4.69, 9.17) is 4.52 Å². The van der Waals surface area contributed by atoms with Crippen molar-refractivity contribution in [3.05, 3.63) is 47.4 Å². The topological polar surface area (TPSA) is 79.5 Å². The Labute approximate surface area is 139 Å². The molecule has 128 valence electrons. The largest absolute Gasteiger partial charge is 0.385 e. The Bertz CT molecular complexity index is 736. The first-order valence-corrected chi connectivity index (χ1v) is 8.00. The summed E-state index contributed by atoms with van der Waals surface area (Å²) in [5, 5.41) is 14.6. The lowest BCUT2D eigenvalue weighted by molar-refractivity contribution is -0.0248. The Morgan fingerprint density at radius 3 is 2.71 bits per heavy atom. The number of hydrogen-bond acceptors (Lipinski definition) is 5. The fourth-order valence-electron chi connectivity index (χ4n) is 2.90. The molecule has 1 aliphatic heterocycles. The lowest BCUT2D eigenvalue weighted by atomic mass is 9.85. The maximum Gasteiger partial charge on any atom is 0.292 e. The van der Waals surface area contributed by atoms with Gasteiger partial charge in [0.05, 0.1) is 11.3 Å². The third-order valence-corrected chi connectivity index (χ3v) is 4.47. The minimum absolute atomic E-state index is 0.176. The van der Waals surface area contributed by atoms with Gasteiger partial charge in [-0.25, -0.2) is 4.98 Å². The van der Waals surface area contributed by atoms with Crippen LogP contribution in [0.5, 0.6) is 0 Å². The number of likely N-dealkylation sites (tertiary alicyclic amines) is 1. The molecule has 2 aromatic rings. The zero-order chi connectivity index (χ0) is 17.3. The molecule has 24 heavy (non-hydrogen) atoms. The summed E-state index contributed by atoms with van der Waals surface area (Å²) in [6.07, 6.45) is 1.83. The fraction of sp³-hybridized carbons (Fsp3) is 0.471. The highest BCUT2D eigenvalue weighted by atomic mass is 19.1. The van der Waals surface area contributed by atoms with Crippen molar-refractivity contribution in [2.24, 2.45) is 0 Å². The average molecular weight is 333 g/mol. The summed E-state index contributed by atoms with van der Waals surface area (Å²) in [4.78, 5) is 17.7. The summed E-state index contributed by atoms with van der Waals surface area (Å²) in [6.45, 7) is 4.55. The summed E-state index contributed by atoms with van der Waals surface area (Å²) < 4.78 is 19.0. The second-order valence-corrected chi connectivity index (χ2v) is 6.44. The molecule has 6 nitrogen and oxygen atoms in total. The van der Waals surface area contributed by atoms with Crippen molar-refractivity contribution in [3.8, 4) is 0 Å². The predicted octanol–water partition coefficient (Wildman–Crippen LogP) is 2.46. The molecule has 3 heterocycles. The molecule has 0 unspecified atom stereocenters. The number of carbonyl (C=O) groups is 1. The van der Waals surface area contributed by atoms with Gasteiger partial charge in [0, 0.05) is 30.9 Å². The van der Waals surface area contributed by atoms with Gasteiger partial charge in [-0.05, 0) is 24.8 Å². The standard InChI is InChI=1S/C17H20FN3O3/c1-11(2)13-10-14(24-20-13)16(22)21-8-5-17(23,6-9-21)12-4-3-7-19-15(12)18/h3-4,7,10-11,23H,5-6,8-9H2,1-2H3. The van der Waals surface area contributed by atoms with E-state index in [9.17, 15) is 14.3 Å². The number of rotatable bonds is 3. The minimum atomic E-state index is -1.31. The maximum absolute atomic E-state index is 13.8. The van der Waals surface area contributed by atoms with Crippen molar-refractivity contribution in [2.75, 3.05) is 13.1 Å². The predicted molar refractivity (Wildman–Crippen MR) is 83.8 cm³/mol. The second-order valence-electron chi connectivity index (χ2n) is 6.44. The highest BCUT2D eigenvalue weighted by Crippen LogP contribution is 2.34. The van der Waals surface area contributed by atoms with Crippen LogP contribution < -0.4 is 0 Å². The van der Waals surface area contributed by atoms with Gasteiger partial charge in [0.25, 0.3) is 5.91 Å². The number of piperidine rings is 1. The van der Waals surface area contributed by atoms with Crippen LogP contribution in [0.25, 0.3) is 0 Å². The van der Waals surface area contributed by atoms with Gasteiger partial charge in [0.1, 0.15) is 0 Å². The summed E-state index contributed by atoms with van der Waals surface area (Å²) in [5.74, 6) is -0.563. The fourth-order valence-corrected chi connectivity index (χ4v) is 2.90. The van der Waals surface area contributed by atoms with Crippen LogP contribution in [-0.4, -0.2) is 39.1 Å². The molecule has 0 saturated carbocycles.